The second-order valence-electron chi connectivity index (χ2n) is 7.69. The molecule has 0 amide bonds. The molecular formula is C19H20F3N7O. The van der Waals surface area contributed by atoms with Crippen molar-refractivity contribution in [1.29, 1.82) is 0 Å². The van der Waals surface area contributed by atoms with E-state index >= 15 is 0 Å². The first-order valence-corrected chi connectivity index (χ1v) is 9.68. The number of anilines is 1. The number of alkyl halides is 3. The third kappa shape index (κ3) is 3.32. The average molecular weight is 419 g/mol. The number of aromatic nitrogens is 5. The monoisotopic (exact) mass is 419 g/mol. The van der Waals surface area contributed by atoms with Crippen LogP contribution in [0.25, 0.3) is 17.0 Å². The Kier molecular flexibility index (Phi) is 4.49. The zero-order valence-corrected chi connectivity index (χ0v) is 16.1. The lowest BCUT2D eigenvalue weighted by molar-refractivity contribution is -0.0881. The quantitative estimate of drug-likeness (QED) is 0.657. The van der Waals surface area contributed by atoms with E-state index < -0.39 is 12.1 Å². The summed E-state index contributed by atoms with van der Waals surface area (Å²) < 4.78 is 47.6. The minimum absolute atomic E-state index is 0.259. The van der Waals surface area contributed by atoms with Crippen molar-refractivity contribution in [3.05, 3.63) is 30.4 Å². The molecule has 1 aliphatic carbocycles. The Balaban J connectivity index is 1.49. The number of hydrogen-bond acceptors (Lipinski definition) is 7. The Morgan fingerprint density at radius 3 is 2.77 bits per heavy atom. The molecular weight excluding hydrogens is 399 g/mol. The van der Waals surface area contributed by atoms with E-state index in [0.29, 0.717) is 47.4 Å². The summed E-state index contributed by atoms with van der Waals surface area (Å²) in [7, 11) is 1.48. The summed E-state index contributed by atoms with van der Waals surface area (Å²) in [5, 5.41) is 10.6. The second kappa shape index (κ2) is 7.08. The molecule has 2 N–H and O–H groups in total. The van der Waals surface area contributed by atoms with Gasteiger partial charge in [0, 0.05) is 37.9 Å². The number of ether oxygens (including phenoxy) is 1. The standard InChI is InChI=1S/C19H20F3N7O/c1-30-15-2-17-25-8-14(29(17)28-18(15)10-3-19(21,22)4-10)13-7-24-9-16(27-13)26-12-6-23-5-11(12)20/h2,7-12,23H,3-6H2,1H3,(H,26,27)/t11-,12-/m0/s1. The molecule has 4 heterocycles. The Hall–Kier alpha value is -2.95. The normalized spacial score (nSPS) is 23.5. The smallest absolute Gasteiger partial charge is 0.249 e. The van der Waals surface area contributed by atoms with Gasteiger partial charge in [-0.15, -0.1) is 0 Å². The van der Waals surface area contributed by atoms with Gasteiger partial charge >= 0.3 is 0 Å². The Labute approximate surface area is 169 Å². The van der Waals surface area contributed by atoms with Crippen molar-refractivity contribution >= 4 is 11.5 Å². The molecule has 30 heavy (non-hydrogen) atoms. The molecule has 11 heteroatoms. The van der Waals surface area contributed by atoms with Crippen molar-refractivity contribution in [3.63, 3.8) is 0 Å². The summed E-state index contributed by atoms with van der Waals surface area (Å²) in [6, 6.07) is 1.29. The molecule has 3 aromatic heterocycles. The fraction of sp³-hybridized carbons (Fsp3) is 0.474. The molecule has 0 spiro atoms. The zero-order valence-electron chi connectivity index (χ0n) is 16.1. The van der Waals surface area contributed by atoms with Crippen LogP contribution in [0.5, 0.6) is 5.75 Å². The van der Waals surface area contributed by atoms with E-state index in [1.807, 2.05) is 0 Å². The van der Waals surface area contributed by atoms with Crippen molar-refractivity contribution in [2.45, 2.75) is 36.9 Å². The third-order valence-electron chi connectivity index (χ3n) is 5.55. The number of hydrogen-bond donors (Lipinski definition) is 2. The van der Waals surface area contributed by atoms with E-state index in [4.69, 9.17) is 4.74 Å². The predicted molar refractivity (Wildman–Crippen MR) is 103 cm³/mol. The molecule has 3 aromatic rings. The van der Waals surface area contributed by atoms with Crippen LogP contribution in [0.2, 0.25) is 0 Å². The molecule has 1 saturated heterocycles. The number of halogens is 3. The summed E-state index contributed by atoms with van der Waals surface area (Å²) in [6.07, 6.45) is 3.14. The van der Waals surface area contributed by atoms with Crippen molar-refractivity contribution in [2.75, 3.05) is 25.5 Å². The topological polar surface area (TPSA) is 89.3 Å². The predicted octanol–water partition coefficient (Wildman–Crippen LogP) is 2.43. The molecule has 2 atom stereocenters. The minimum atomic E-state index is -2.67. The van der Waals surface area contributed by atoms with Crippen LogP contribution in [0.4, 0.5) is 19.0 Å². The molecule has 1 saturated carbocycles. The van der Waals surface area contributed by atoms with E-state index in [-0.39, 0.29) is 24.8 Å². The lowest BCUT2D eigenvalue weighted by Crippen LogP contribution is -2.34. The Morgan fingerprint density at radius 1 is 1.23 bits per heavy atom. The van der Waals surface area contributed by atoms with Crippen LogP contribution >= 0.6 is 0 Å². The van der Waals surface area contributed by atoms with Gasteiger partial charge in [0.05, 0.1) is 31.7 Å². The van der Waals surface area contributed by atoms with Gasteiger partial charge in [0.25, 0.3) is 0 Å². The maximum atomic E-state index is 13.9. The number of nitrogens with one attached hydrogen (secondary N) is 2. The van der Waals surface area contributed by atoms with Gasteiger partial charge in [-0.1, -0.05) is 0 Å². The van der Waals surface area contributed by atoms with Gasteiger partial charge in [-0.05, 0) is 0 Å². The Bertz CT molecular complexity index is 1080. The molecule has 0 radical (unpaired) electrons. The minimum Gasteiger partial charge on any atom is -0.495 e. The summed E-state index contributed by atoms with van der Waals surface area (Å²) in [4.78, 5) is 13.0. The van der Waals surface area contributed by atoms with Crippen molar-refractivity contribution in [2.24, 2.45) is 0 Å². The summed E-state index contributed by atoms with van der Waals surface area (Å²) >= 11 is 0. The molecule has 158 valence electrons. The molecule has 2 fully saturated rings. The number of imidazole rings is 1. The Morgan fingerprint density at radius 2 is 2.07 bits per heavy atom. The van der Waals surface area contributed by atoms with Gasteiger partial charge in [0.15, 0.2) is 5.65 Å². The van der Waals surface area contributed by atoms with E-state index in [1.165, 1.54) is 13.3 Å². The number of rotatable bonds is 5. The molecule has 2 aliphatic rings. The number of methoxy groups -OCH3 is 1. The summed E-state index contributed by atoms with van der Waals surface area (Å²) in [6.45, 7) is 0.798. The van der Waals surface area contributed by atoms with Gasteiger partial charge in [-0.2, -0.15) is 5.10 Å². The highest BCUT2D eigenvalue weighted by molar-refractivity contribution is 5.61. The van der Waals surface area contributed by atoms with Crippen LogP contribution in [0.15, 0.2) is 24.7 Å². The van der Waals surface area contributed by atoms with E-state index in [1.54, 1.807) is 23.0 Å². The van der Waals surface area contributed by atoms with Crippen LogP contribution in [0.1, 0.15) is 24.5 Å². The SMILES string of the molecule is COc1cc2ncc(-c3cncc(N[C@H]4CNC[C@@H]4F)n3)n2nc1C1CC(F)(F)C1. The van der Waals surface area contributed by atoms with Crippen molar-refractivity contribution < 1.29 is 17.9 Å². The summed E-state index contributed by atoms with van der Waals surface area (Å²) in [5.41, 5.74) is 2.00. The molecule has 0 unspecified atom stereocenters. The van der Waals surface area contributed by atoms with Crippen molar-refractivity contribution in [1.82, 2.24) is 29.9 Å². The molecule has 8 nitrogen and oxygen atoms in total. The maximum absolute atomic E-state index is 13.9. The molecule has 1 aliphatic heterocycles. The van der Waals surface area contributed by atoms with E-state index in [0.717, 1.165) is 0 Å². The van der Waals surface area contributed by atoms with Crippen LogP contribution in [-0.2, 0) is 0 Å². The van der Waals surface area contributed by atoms with Gasteiger partial charge in [0.2, 0.25) is 5.92 Å². The molecule has 0 aromatic carbocycles. The first kappa shape index (κ1) is 19.0. The first-order valence-electron chi connectivity index (χ1n) is 9.68. The highest BCUT2D eigenvalue weighted by Crippen LogP contribution is 2.49. The lowest BCUT2D eigenvalue weighted by Gasteiger charge is -2.34. The maximum Gasteiger partial charge on any atom is 0.249 e. The third-order valence-corrected chi connectivity index (χ3v) is 5.55. The average Bonchev–Trinajstić information content (AvgIpc) is 3.31. The van der Waals surface area contributed by atoms with Crippen molar-refractivity contribution in [3.8, 4) is 17.1 Å². The van der Waals surface area contributed by atoms with Crippen LogP contribution in [0.3, 0.4) is 0 Å². The van der Waals surface area contributed by atoms with Crippen LogP contribution in [0, 0.1) is 0 Å². The van der Waals surface area contributed by atoms with E-state index in [2.05, 4.69) is 30.7 Å². The number of nitrogens with zero attached hydrogens (tertiary/aromatic N) is 5. The highest BCUT2D eigenvalue weighted by atomic mass is 19.3. The highest BCUT2D eigenvalue weighted by Gasteiger charge is 2.47. The summed E-state index contributed by atoms with van der Waals surface area (Å²) in [5.74, 6) is -2.18. The lowest BCUT2D eigenvalue weighted by atomic mass is 9.79. The van der Waals surface area contributed by atoms with E-state index in [9.17, 15) is 13.2 Å². The van der Waals surface area contributed by atoms with Gasteiger partial charge in [-0.3, -0.25) is 4.98 Å². The largest absolute Gasteiger partial charge is 0.495 e. The van der Waals surface area contributed by atoms with Gasteiger partial charge < -0.3 is 15.4 Å². The first-order chi connectivity index (χ1) is 14.4. The second-order valence-corrected chi connectivity index (χ2v) is 7.69. The molecule has 0 bridgehead atoms. The van der Waals surface area contributed by atoms with Crippen LogP contribution < -0.4 is 15.4 Å². The molecule has 5 rings (SSSR count). The zero-order chi connectivity index (χ0) is 20.9. The van der Waals surface area contributed by atoms with Gasteiger partial charge in [-0.25, -0.2) is 27.7 Å². The number of fused-ring (bicyclic) bond motifs is 1. The fourth-order valence-corrected chi connectivity index (χ4v) is 3.92. The fourth-order valence-electron chi connectivity index (χ4n) is 3.92. The van der Waals surface area contributed by atoms with Crippen LogP contribution in [-0.4, -0.2) is 62.9 Å². The van der Waals surface area contributed by atoms with Gasteiger partial charge in [0.1, 0.15) is 34.8 Å².